The van der Waals surface area contributed by atoms with Crippen LogP contribution >= 0.6 is 0 Å². The zero-order chi connectivity index (χ0) is 20.2. The standard InChI is InChI=1S/C18H16N4O6S/c23-14(11-1-2-15-16(5-11)28-10-27-15)7-21-9-19-17-13(18(21)24)6-20-22(17)12-3-4-29(25,26)8-12/h1-2,5-6,9,12H,3-4,7-8,10H2/t12-/m1/s1. The molecule has 2 aliphatic heterocycles. The predicted octanol–water partition coefficient (Wildman–Crippen LogP) is 0.564. The highest BCUT2D eigenvalue weighted by Gasteiger charge is 2.31. The van der Waals surface area contributed by atoms with E-state index in [1.54, 1.807) is 18.2 Å². The Kier molecular flexibility index (Phi) is 3.95. The molecule has 0 aliphatic carbocycles. The van der Waals surface area contributed by atoms with Crippen LogP contribution in [0.1, 0.15) is 22.8 Å². The van der Waals surface area contributed by atoms with Crippen LogP contribution < -0.4 is 15.0 Å². The average molecular weight is 416 g/mol. The fourth-order valence-electron chi connectivity index (χ4n) is 3.63. The van der Waals surface area contributed by atoms with Crippen molar-refractivity contribution in [3.8, 4) is 11.5 Å². The first-order chi connectivity index (χ1) is 13.9. The maximum absolute atomic E-state index is 12.8. The first kappa shape index (κ1) is 17.9. The highest BCUT2D eigenvalue weighted by Crippen LogP contribution is 2.32. The van der Waals surface area contributed by atoms with Crippen molar-refractivity contribution < 1.29 is 22.7 Å². The molecule has 0 saturated carbocycles. The monoisotopic (exact) mass is 416 g/mol. The van der Waals surface area contributed by atoms with Gasteiger partial charge in [0, 0.05) is 5.56 Å². The third-order valence-electron chi connectivity index (χ3n) is 5.14. The lowest BCUT2D eigenvalue weighted by Gasteiger charge is -2.10. The van der Waals surface area contributed by atoms with Crippen LogP contribution in [-0.4, -0.2) is 51.8 Å². The number of Topliss-reactive ketones (excluding diaryl/α,β-unsaturated/α-hetero) is 1. The van der Waals surface area contributed by atoms with Crippen LogP contribution in [0.15, 0.2) is 35.5 Å². The molecule has 1 saturated heterocycles. The van der Waals surface area contributed by atoms with E-state index in [9.17, 15) is 18.0 Å². The van der Waals surface area contributed by atoms with E-state index in [4.69, 9.17) is 9.47 Å². The molecule has 0 amide bonds. The fraction of sp³-hybridized carbons (Fsp3) is 0.333. The summed E-state index contributed by atoms with van der Waals surface area (Å²) in [6.07, 6.45) is 3.10. The molecule has 2 aromatic heterocycles. The summed E-state index contributed by atoms with van der Waals surface area (Å²) in [5.74, 6) is 0.866. The summed E-state index contributed by atoms with van der Waals surface area (Å²) in [4.78, 5) is 29.7. The lowest BCUT2D eigenvalue weighted by Crippen LogP contribution is -2.25. The van der Waals surface area contributed by atoms with Crippen molar-refractivity contribution in [2.45, 2.75) is 19.0 Å². The van der Waals surface area contributed by atoms with Gasteiger partial charge >= 0.3 is 0 Å². The number of carbonyl (C=O) groups excluding carboxylic acids is 1. The van der Waals surface area contributed by atoms with E-state index in [1.807, 2.05) is 0 Å². The molecule has 1 aromatic carbocycles. The lowest BCUT2D eigenvalue weighted by atomic mass is 10.1. The van der Waals surface area contributed by atoms with Crippen molar-refractivity contribution in [2.24, 2.45) is 0 Å². The van der Waals surface area contributed by atoms with Crippen molar-refractivity contribution in [3.63, 3.8) is 0 Å². The van der Waals surface area contributed by atoms with Gasteiger partial charge in [0.25, 0.3) is 5.56 Å². The summed E-state index contributed by atoms with van der Waals surface area (Å²) in [6.45, 7) is -0.0797. The Morgan fingerprint density at radius 3 is 2.86 bits per heavy atom. The summed E-state index contributed by atoms with van der Waals surface area (Å²) < 4.78 is 36.7. The number of rotatable bonds is 4. The Morgan fingerprint density at radius 1 is 1.24 bits per heavy atom. The summed E-state index contributed by atoms with van der Waals surface area (Å²) in [7, 11) is -3.10. The maximum Gasteiger partial charge on any atom is 0.264 e. The van der Waals surface area contributed by atoms with Crippen molar-refractivity contribution in [2.75, 3.05) is 18.3 Å². The zero-order valence-electron chi connectivity index (χ0n) is 15.1. The first-order valence-electron chi connectivity index (χ1n) is 8.97. The Bertz CT molecular complexity index is 1310. The van der Waals surface area contributed by atoms with Crippen molar-refractivity contribution in [1.29, 1.82) is 0 Å². The number of carbonyl (C=O) groups is 1. The average Bonchev–Trinajstić information content (AvgIpc) is 3.40. The second-order valence-electron chi connectivity index (χ2n) is 7.05. The zero-order valence-corrected chi connectivity index (χ0v) is 16.0. The van der Waals surface area contributed by atoms with Gasteiger partial charge in [-0.15, -0.1) is 0 Å². The molecule has 0 N–H and O–H groups in total. The van der Waals surface area contributed by atoms with Crippen LogP contribution in [0.5, 0.6) is 11.5 Å². The fourth-order valence-corrected chi connectivity index (χ4v) is 5.32. The van der Waals surface area contributed by atoms with E-state index in [0.717, 1.165) is 0 Å². The van der Waals surface area contributed by atoms with Gasteiger partial charge in [-0.1, -0.05) is 0 Å². The summed E-state index contributed by atoms with van der Waals surface area (Å²) in [5.41, 5.74) is 0.313. The van der Waals surface area contributed by atoms with Crippen LogP contribution in [0.4, 0.5) is 0 Å². The quantitative estimate of drug-likeness (QED) is 0.566. The third kappa shape index (κ3) is 3.07. The van der Waals surface area contributed by atoms with E-state index in [0.29, 0.717) is 29.1 Å². The molecular weight excluding hydrogens is 400 g/mol. The summed E-state index contributed by atoms with van der Waals surface area (Å²) >= 11 is 0. The molecule has 0 radical (unpaired) electrons. The minimum atomic E-state index is -3.10. The molecule has 4 heterocycles. The van der Waals surface area contributed by atoms with Crippen LogP contribution in [-0.2, 0) is 16.4 Å². The largest absolute Gasteiger partial charge is 0.454 e. The predicted molar refractivity (Wildman–Crippen MR) is 101 cm³/mol. The molecule has 11 heteroatoms. The molecule has 1 atom stereocenters. The number of benzene rings is 1. The Hall–Kier alpha value is -3.21. The second kappa shape index (κ2) is 6.41. The van der Waals surface area contributed by atoms with E-state index in [2.05, 4.69) is 10.1 Å². The molecule has 1 fully saturated rings. The van der Waals surface area contributed by atoms with Gasteiger partial charge in [-0.05, 0) is 24.6 Å². The first-order valence-corrected chi connectivity index (χ1v) is 10.8. The topological polar surface area (TPSA) is 122 Å². The van der Waals surface area contributed by atoms with E-state index >= 15 is 0 Å². The molecular formula is C18H16N4O6S. The van der Waals surface area contributed by atoms with Crippen molar-refractivity contribution >= 4 is 26.7 Å². The maximum atomic E-state index is 12.8. The number of hydrogen-bond donors (Lipinski definition) is 0. The van der Waals surface area contributed by atoms with E-state index in [1.165, 1.54) is 21.8 Å². The van der Waals surface area contributed by atoms with E-state index < -0.39 is 15.4 Å². The molecule has 0 spiro atoms. The Balaban J connectivity index is 1.43. The van der Waals surface area contributed by atoms with Crippen molar-refractivity contribution in [3.05, 3.63) is 46.6 Å². The van der Waals surface area contributed by atoms with Crippen LogP contribution in [0.25, 0.3) is 11.0 Å². The number of ether oxygens (including phenoxy) is 2. The highest BCUT2D eigenvalue weighted by atomic mass is 32.2. The van der Waals surface area contributed by atoms with Crippen molar-refractivity contribution in [1.82, 2.24) is 19.3 Å². The molecule has 29 heavy (non-hydrogen) atoms. The Labute approximate surface area is 164 Å². The summed E-state index contributed by atoms with van der Waals surface area (Å²) in [5, 5.41) is 4.43. The van der Waals surface area contributed by atoms with Crippen LogP contribution in [0.2, 0.25) is 0 Å². The Morgan fingerprint density at radius 2 is 2.07 bits per heavy atom. The van der Waals surface area contributed by atoms with Gasteiger partial charge in [-0.25, -0.2) is 18.1 Å². The molecule has 10 nitrogen and oxygen atoms in total. The molecule has 2 aliphatic rings. The lowest BCUT2D eigenvalue weighted by molar-refractivity contribution is 0.0970. The molecule has 0 bridgehead atoms. The second-order valence-corrected chi connectivity index (χ2v) is 9.28. The third-order valence-corrected chi connectivity index (χ3v) is 6.89. The minimum Gasteiger partial charge on any atom is -0.454 e. The van der Waals surface area contributed by atoms with Crippen LogP contribution in [0, 0.1) is 0 Å². The summed E-state index contributed by atoms with van der Waals surface area (Å²) in [6, 6.07) is 4.51. The highest BCUT2D eigenvalue weighted by molar-refractivity contribution is 7.91. The normalized spacial score (nSPS) is 19.7. The number of sulfone groups is 1. The smallest absolute Gasteiger partial charge is 0.264 e. The van der Waals surface area contributed by atoms with Gasteiger partial charge in [0.1, 0.15) is 11.7 Å². The van der Waals surface area contributed by atoms with Gasteiger partial charge in [-0.2, -0.15) is 5.10 Å². The molecule has 5 rings (SSSR count). The van der Waals surface area contributed by atoms with Gasteiger partial charge in [0.15, 0.2) is 32.8 Å². The molecule has 150 valence electrons. The van der Waals surface area contributed by atoms with Crippen LogP contribution in [0.3, 0.4) is 0 Å². The number of ketones is 1. The van der Waals surface area contributed by atoms with Gasteiger partial charge in [0.2, 0.25) is 6.79 Å². The number of fused-ring (bicyclic) bond motifs is 2. The van der Waals surface area contributed by atoms with Gasteiger partial charge in [-0.3, -0.25) is 14.2 Å². The SMILES string of the molecule is O=C(Cn1cnc2c(cnn2[C@@H]2CCS(=O)(=O)C2)c1=O)c1ccc2c(c1)OCO2. The minimum absolute atomic E-state index is 0.0167. The molecule has 3 aromatic rings. The van der Waals surface area contributed by atoms with Gasteiger partial charge < -0.3 is 9.47 Å². The number of nitrogens with zero attached hydrogens (tertiary/aromatic N) is 4. The molecule has 0 unspecified atom stereocenters. The van der Waals surface area contributed by atoms with E-state index in [-0.39, 0.29) is 42.1 Å². The number of hydrogen-bond acceptors (Lipinski definition) is 8. The van der Waals surface area contributed by atoms with Gasteiger partial charge in [0.05, 0.1) is 30.3 Å². The number of aromatic nitrogens is 4.